The first kappa shape index (κ1) is 23.3. The second kappa shape index (κ2) is 10.8. The normalized spacial score (nSPS) is 17.8. The van der Waals surface area contributed by atoms with E-state index in [0.717, 1.165) is 17.8 Å². The molecule has 1 fully saturated rings. The number of nitrogens with one attached hydrogen (secondary N) is 1. The molecule has 31 heavy (non-hydrogen) atoms. The van der Waals surface area contributed by atoms with Gasteiger partial charge in [-0.15, -0.1) is 0 Å². The summed E-state index contributed by atoms with van der Waals surface area (Å²) in [6.07, 6.45) is 8.72. The number of likely N-dealkylation sites (tertiary alicyclic amines) is 1. The maximum Gasteiger partial charge on any atom is 0.411 e. The molecule has 0 aromatic heterocycles. The van der Waals surface area contributed by atoms with Crippen LogP contribution in [0.3, 0.4) is 0 Å². The van der Waals surface area contributed by atoms with Crippen LogP contribution < -0.4 is 5.32 Å². The van der Waals surface area contributed by atoms with Gasteiger partial charge in [0, 0.05) is 13.5 Å². The predicted molar refractivity (Wildman–Crippen MR) is 130 cm³/mol. The van der Waals surface area contributed by atoms with Crippen molar-refractivity contribution in [1.29, 1.82) is 0 Å². The fourth-order valence-corrected chi connectivity index (χ4v) is 4.95. The summed E-state index contributed by atoms with van der Waals surface area (Å²) < 4.78 is 5.11. The molecule has 1 N–H and O–H groups in total. The highest BCUT2D eigenvalue weighted by Gasteiger charge is 2.33. The minimum absolute atomic E-state index is 0. The zero-order chi connectivity index (χ0) is 20.8. The lowest BCUT2D eigenvalue weighted by Gasteiger charge is -2.42. The number of carbonyl (C=O) groups excluding carboxylic acids is 1. The number of unbranched alkanes of at least 4 members (excludes halogenated alkanes) is 1. The van der Waals surface area contributed by atoms with Gasteiger partial charge in [0.1, 0.15) is 6.61 Å². The maximum absolute atomic E-state index is 11.4. The van der Waals surface area contributed by atoms with Gasteiger partial charge in [0.15, 0.2) is 0 Å². The number of rotatable bonds is 8. The molecule has 0 atom stereocenters. The van der Waals surface area contributed by atoms with Crippen molar-refractivity contribution in [2.24, 2.45) is 5.41 Å². The van der Waals surface area contributed by atoms with Gasteiger partial charge >= 0.3 is 6.09 Å². The molecule has 2 aliphatic heterocycles. The van der Waals surface area contributed by atoms with Crippen LogP contribution in [0.15, 0.2) is 48.5 Å². The summed E-state index contributed by atoms with van der Waals surface area (Å²) in [5.41, 5.74) is 5.23. The minimum Gasteiger partial charge on any atom is -0.444 e. The van der Waals surface area contributed by atoms with Crippen molar-refractivity contribution in [3.63, 3.8) is 0 Å². The highest BCUT2D eigenvalue weighted by atomic mass is 16.5. The number of benzene rings is 2. The van der Waals surface area contributed by atoms with Gasteiger partial charge in [-0.05, 0) is 73.9 Å². The van der Waals surface area contributed by atoms with Crippen molar-refractivity contribution in [3.8, 4) is 0 Å². The molecule has 170 valence electrons. The molecule has 2 aromatic carbocycles. The molecule has 0 aliphatic carbocycles. The molecule has 2 aromatic rings. The number of carbonyl (C=O) groups is 1. The second-order valence-corrected chi connectivity index (χ2v) is 9.06. The number of anilines is 1. The lowest BCUT2D eigenvalue weighted by Crippen LogP contribution is -2.40. The average Bonchev–Trinajstić information content (AvgIpc) is 2.79. The first-order chi connectivity index (χ1) is 14.7. The summed E-state index contributed by atoms with van der Waals surface area (Å²) in [5.74, 6) is 0. The van der Waals surface area contributed by atoms with Gasteiger partial charge < -0.3 is 4.74 Å². The van der Waals surface area contributed by atoms with Crippen molar-refractivity contribution in [3.05, 3.63) is 65.2 Å². The molecule has 0 unspecified atom stereocenters. The highest BCUT2D eigenvalue weighted by Crippen LogP contribution is 2.41. The lowest BCUT2D eigenvalue weighted by molar-refractivity contribution is 0.0804. The van der Waals surface area contributed by atoms with E-state index in [1.165, 1.54) is 69.2 Å². The Bertz CT molecular complexity index is 848. The molecule has 0 saturated carbocycles. The van der Waals surface area contributed by atoms with E-state index in [0.29, 0.717) is 12.0 Å². The van der Waals surface area contributed by atoms with Gasteiger partial charge in [0.25, 0.3) is 0 Å². The van der Waals surface area contributed by atoms with E-state index in [1.54, 1.807) is 0 Å². The number of aryl methyl sites for hydroxylation is 1. The maximum atomic E-state index is 11.4. The predicted octanol–water partition coefficient (Wildman–Crippen LogP) is 7.04. The van der Waals surface area contributed by atoms with Gasteiger partial charge in [-0.3, -0.25) is 10.2 Å². The van der Waals surface area contributed by atoms with Crippen LogP contribution >= 0.6 is 0 Å². The summed E-state index contributed by atoms with van der Waals surface area (Å²) in [7, 11) is 0. The zero-order valence-corrected chi connectivity index (χ0v) is 18.2. The Labute approximate surface area is 189 Å². The van der Waals surface area contributed by atoms with Gasteiger partial charge in [0.2, 0.25) is 0 Å². The molecule has 4 heteroatoms. The van der Waals surface area contributed by atoms with Crippen LogP contribution in [0.4, 0.5) is 10.5 Å². The van der Waals surface area contributed by atoms with E-state index in [-0.39, 0.29) is 14.9 Å². The molecule has 0 spiro atoms. The summed E-state index contributed by atoms with van der Waals surface area (Å²) in [4.78, 5) is 14.0. The van der Waals surface area contributed by atoms with Crippen LogP contribution in [0.5, 0.6) is 0 Å². The molecule has 2 aliphatic rings. The Morgan fingerprint density at radius 3 is 2.58 bits per heavy atom. The molecular weight excluding hydrogens is 384 g/mol. The third-order valence-corrected chi connectivity index (χ3v) is 6.94. The zero-order valence-electron chi connectivity index (χ0n) is 18.2. The Morgan fingerprint density at radius 2 is 1.84 bits per heavy atom. The van der Waals surface area contributed by atoms with E-state index in [9.17, 15) is 4.79 Å². The molecule has 1 amide bonds. The van der Waals surface area contributed by atoms with Crippen LogP contribution in [-0.2, 0) is 24.3 Å². The van der Waals surface area contributed by atoms with Gasteiger partial charge in [-0.1, -0.05) is 63.6 Å². The summed E-state index contributed by atoms with van der Waals surface area (Å²) in [6, 6.07) is 17.3. The molecule has 1 saturated heterocycles. The second-order valence-electron chi connectivity index (χ2n) is 9.06. The Kier molecular flexibility index (Phi) is 8.14. The number of cyclic esters (lactones) is 1. The van der Waals surface area contributed by atoms with Crippen LogP contribution in [0.1, 0.15) is 71.0 Å². The van der Waals surface area contributed by atoms with E-state index in [2.05, 4.69) is 59.6 Å². The first-order valence-corrected chi connectivity index (χ1v) is 11.5. The van der Waals surface area contributed by atoms with Crippen molar-refractivity contribution in [2.45, 2.75) is 72.4 Å². The topological polar surface area (TPSA) is 41.6 Å². The van der Waals surface area contributed by atoms with Crippen molar-refractivity contribution in [2.75, 3.05) is 18.4 Å². The average molecular weight is 425 g/mol. The Morgan fingerprint density at radius 1 is 1.06 bits per heavy atom. The van der Waals surface area contributed by atoms with Crippen LogP contribution in [0, 0.1) is 5.41 Å². The Balaban J connectivity index is 0.00000181. The van der Waals surface area contributed by atoms with Crippen molar-refractivity contribution in [1.82, 2.24) is 4.90 Å². The molecular formula is C27H40N2O2. The van der Waals surface area contributed by atoms with E-state index >= 15 is 0 Å². The van der Waals surface area contributed by atoms with E-state index in [1.807, 2.05) is 6.07 Å². The largest absolute Gasteiger partial charge is 0.444 e. The standard InChI is InChI=1S/C26H34N2O2.CH4.H2/c1-2-3-12-26(13-11-21-7-5-4-6-8-21)14-16-28(17-15-26)19-22-9-10-24-23(18-22)20-30-25(29)27-24;;/h4-10,18H,2-3,11-17,19-20H2,1H3,(H,27,29);1H4;1H. The van der Waals surface area contributed by atoms with Crippen LogP contribution in [0.2, 0.25) is 0 Å². The third kappa shape index (κ3) is 6.10. The number of hydrogen-bond donors (Lipinski definition) is 1. The number of hydrogen-bond acceptors (Lipinski definition) is 3. The van der Waals surface area contributed by atoms with Crippen LogP contribution in [-0.4, -0.2) is 24.1 Å². The number of nitrogens with zero attached hydrogens (tertiary/aromatic N) is 1. The fraction of sp³-hybridized carbons (Fsp3) is 0.519. The van der Waals surface area contributed by atoms with Gasteiger partial charge in [0.05, 0.1) is 5.69 Å². The van der Waals surface area contributed by atoms with Gasteiger partial charge in [-0.25, -0.2) is 4.79 Å². The summed E-state index contributed by atoms with van der Waals surface area (Å²) in [5, 5.41) is 2.77. The molecule has 4 rings (SSSR count). The quantitative estimate of drug-likeness (QED) is 0.494. The van der Waals surface area contributed by atoms with E-state index < -0.39 is 0 Å². The van der Waals surface area contributed by atoms with Gasteiger partial charge in [-0.2, -0.15) is 0 Å². The molecule has 4 nitrogen and oxygen atoms in total. The fourth-order valence-electron chi connectivity index (χ4n) is 4.95. The Hall–Kier alpha value is -2.33. The summed E-state index contributed by atoms with van der Waals surface area (Å²) in [6.45, 7) is 5.99. The third-order valence-electron chi connectivity index (χ3n) is 6.94. The van der Waals surface area contributed by atoms with Crippen molar-refractivity contribution >= 4 is 11.8 Å². The van der Waals surface area contributed by atoms with Crippen LogP contribution in [0.25, 0.3) is 0 Å². The summed E-state index contributed by atoms with van der Waals surface area (Å²) >= 11 is 0. The number of piperidine rings is 1. The number of amides is 1. The van der Waals surface area contributed by atoms with E-state index in [4.69, 9.17) is 4.74 Å². The smallest absolute Gasteiger partial charge is 0.411 e. The number of ether oxygens (including phenoxy) is 1. The number of fused-ring (bicyclic) bond motifs is 1. The lowest BCUT2D eigenvalue weighted by atomic mass is 9.71. The monoisotopic (exact) mass is 424 g/mol. The highest BCUT2D eigenvalue weighted by molar-refractivity contribution is 5.87. The minimum atomic E-state index is -0.356. The molecule has 0 bridgehead atoms. The first-order valence-electron chi connectivity index (χ1n) is 11.5. The molecule has 2 heterocycles. The SMILES string of the molecule is C.CCCCC1(CCc2ccccc2)CCN(Cc2ccc3c(c2)COC(=O)N3)CC1.[HH]. The van der Waals surface area contributed by atoms with Crippen molar-refractivity contribution < 1.29 is 11.0 Å². The molecule has 0 radical (unpaired) electrons.